The highest BCUT2D eigenvalue weighted by Crippen LogP contribution is 2.04. The normalized spacial score (nSPS) is 19.0. The maximum atomic E-state index is 5.31. The van der Waals surface area contributed by atoms with E-state index in [1.165, 1.54) is 0 Å². The summed E-state index contributed by atoms with van der Waals surface area (Å²) in [5.74, 6) is 1.52. The summed E-state index contributed by atoms with van der Waals surface area (Å²) in [6.07, 6.45) is 1.62. The van der Waals surface area contributed by atoms with Gasteiger partial charge in [0.2, 0.25) is 5.89 Å². The number of likely N-dealkylation sites (N-methyl/N-ethyl adjacent to an activating group) is 1. The fourth-order valence-electron chi connectivity index (χ4n) is 1.93. The van der Waals surface area contributed by atoms with Crippen molar-refractivity contribution in [2.24, 2.45) is 0 Å². The van der Waals surface area contributed by atoms with Gasteiger partial charge in [0.25, 0.3) is 0 Å². The van der Waals surface area contributed by atoms with Crippen molar-refractivity contribution in [2.75, 3.05) is 39.9 Å². The van der Waals surface area contributed by atoms with Crippen LogP contribution in [0.25, 0.3) is 0 Å². The summed E-state index contributed by atoms with van der Waals surface area (Å²) in [5, 5.41) is 7.16. The highest BCUT2D eigenvalue weighted by Gasteiger charge is 2.13. The lowest BCUT2D eigenvalue weighted by atomic mass is 10.2. The first kappa shape index (κ1) is 13.5. The Balaban J connectivity index is 1.75. The van der Waals surface area contributed by atoms with Gasteiger partial charge in [0.05, 0.1) is 13.2 Å². The molecule has 0 aromatic carbocycles. The van der Waals surface area contributed by atoms with Crippen molar-refractivity contribution < 1.29 is 9.26 Å². The predicted octanol–water partition coefficient (Wildman–Crippen LogP) is 0.0947. The summed E-state index contributed by atoms with van der Waals surface area (Å²) < 4.78 is 10.6. The van der Waals surface area contributed by atoms with E-state index in [1.807, 2.05) is 7.05 Å². The molecule has 102 valence electrons. The van der Waals surface area contributed by atoms with Gasteiger partial charge in [-0.1, -0.05) is 5.16 Å². The van der Waals surface area contributed by atoms with E-state index < -0.39 is 0 Å². The van der Waals surface area contributed by atoms with E-state index in [-0.39, 0.29) is 0 Å². The molecule has 0 bridgehead atoms. The summed E-state index contributed by atoms with van der Waals surface area (Å²) >= 11 is 0. The zero-order valence-corrected chi connectivity index (χ0v) is 11.2. The fraction of sp³-hybridized carbons (Fsp3) is 0.833. The standard InChI is InChI=1S/C12H22N4O2/c1-10(13-2)9-11-14-12(18-15-11)3-4-16-5-7-17-8-6-16/h10,13H,3-9H2,1-2H3. The van der Waals surface area contributed by atoms with E-state index >= 15 is 0 Å². The molecule has 1 aromatic rings. The topological polar surface area (TPSA) is 63.4 Å². The maximum Gasteiger partial charge on any atom is 0.227 e. The van der Waals surface area contributed by atoms with E-state index in [2.05, 4.69) is 27.3 Å². The van der Waals surface area contributed by atoms with Crippen molar-refractivity contribution in [2.45, 2.75) is 25.8 Å². The van der Waals surface area contributed by atoms with Crippen LogP contribution in [0.5, 0.6) is 0 Å². The molecule has 0 amide bonds. The smallest absolute Gasteiger partial charge is 0.227 e. The van der Waals surface area contributed by atoms with Crippen LogP contribution in [0.2, 0.25) is 0 Å². The molecule has 1 aromatic heterocycles. The van der Waals surface area contributed by atoms with E-state index in [0.29, 0.717) is 6.04 Å². The molecular formula is C12H22N4O2. The van der Waals surface area contributed by atoms with Gasteiger partial charge < -0.3 is 14.6 Å². The summed E-state index contributed by atoms with van der Waals surface area (Å²) in [6, 6.07) is 0.370. The quantitative estimate of drug-likeness (QED) is 0.776. The van der Waals surface area contributed by atoms with E-state index in [4.69, 9.17) is 9.26 Å². The number of hydrogen-bond donors (Lipinski definition) is 1. The lowest BCUT2D eigenvalue weighted by Gasteiger charge is -2.25. The van der Waals surface area contributed by atoms with Gasteiger partial charge in [-0.25, -0.2) is 0 Å². The largest absolute Gasteiger partial charge is 0.379 e. The number of nitrogens with zero attached hydrogens (tertiary/aromatic N) is 3. The lowest BCUT2D eigenvalue weighted by molar-refractivity contribution is 0.0375. The van der Waals surface area contributed by atoms with Gasteiger partial charge in [0.1, 0.15) is 0 Å². The molecule has 1 atom stereocenters. The van der Waals surface area contributed by atoms with Gasteiger partial charge in [-0.2, -0.15) is 4.98 Å². The van der Waals surface area contributed by atoms with Crippen molar-refractivity contribution in [3.8, 4) is 0 Å². The molecule has 1 fully saturated rings. The van der Waals surface area contributed by atoms with Crippen LogP contribution in [0.1, 0.15) is 18.6 Å². The average Bonchev–Trinajstić information content (AvgIpc) is 2.85. The molecule has 1 unspecified atom stereocenters. The molecule has 0 aliphatic carbocycles. The second-order valence-corrected chi connectivity index (χ2v) is 4.70. The Kier molecular flexibility index (Phi) is 5.10. The van der Waals surface area contributed by atoms with Gasteiger partial charge >= 0.3 is 0 Å². The van der Waals surface area contributed by atoms with Gasteiger partial charge in [0, 0.05) is 38.5 Å². The van der Waals surface area contributed by atoms with Crippen LogP contribution in [0, 0.1) is 0 Å². The van der Waals surface area contributed by atoms with Gasteiger partial charge in [-0.05, 0) is 14.0 Å². The van der Waals surface area contributed by atoms with E-state index in [0.717, 1.165) is 57.4 Å². The lowest BCUT2D eigenvalue weighted by Crippen LogP contribution is -2.37. The minimum atomic E-state index is 0.370. The summed E-state index contributed by atoms with van der Waals surface area (Å²) in [5.41, 5.74) is 0. The van der Waals surface area contributed by atoms with Crippen LogP contribution >= 0.6 is 0 Å². The monoisotopic (exact) mass is 254 g/mol. The third-order valence-corrected chi connectivity index (χ3v) is 3.24. The van der Waals surface area contributed by atoms with Crippen molar-refractivity contribution >= 4 is 0 Å². The van der Waals surface area contributed by atoms with Crippen molar-refractivity contribution in [3.63, 3.8) is 0 Å². The number of ether oxygens (including phenoxy) is 1. The van der Waals surface area contributed by atoms with Crippen LogP contribution in [0.4, 0.5) is 0 Å². The van der Waals surface area contributed by atoms with Gasteiger partial charge in [0.15, 0.2) is 5.82 Å². The minimum absolute atomic E-state index is 0.370. The number of morpholine rings is 1. The van der Waals surface area contributed by atoms with E-state index in [1.54, 1.807) is 0 Å². The second-order valence-electron chi connectivity index (χ2n) is 4.70. The molecule has 2 rings (SSSR count). The third kappa shape index (κ3) is 4.04. The van der Waals surface area contributed by atoms with E-state index in [9.17, 15) is 0 Å². The van der Waals surface area contributed by atoms with Crippen LogP contribution < -0.4 is 5.32 Å². The molecule has 1 saturated heterocycles. The summed E-state index contributed by atoms with van der Waals surface area (Å²) in [7, 11) is 1.93. The molecule has 18 heavy (non-hydrogen) atoms. The number of hydrogen-bond acceptors (Lipinski definition) is 6. The highest BCUT2D eigenvalue weighted by atomic mass is 16.5. The maximum absolute atomic E-state index is 5.31. The average molecular weight is 254 g/mol. The summed E-state index contributed by atoms with van der Waals surface area (Å²) in [4.78, 5) is 6.77. The van der Waals surface area contributed by atoms with Crippen LogP contribution in [-0.4, -0.2) is 61.0 Å². The number of rotatable bonds is 6. The number of aromatic nitrogens is 2. The Hall–Kier alpha value is -0.980. The van der Waals surface area contributed by atoms with Gasteiger partial charge in [-0.3, -0.25) is 4.90 Å². The zero-order valence-electron chi connectivity index (χ0n) is 11.2. The Labute approximate surface area is 108 Å². The van der Waals surface area contributed by atoms with Gasteiger partial charge in [-0.15, -0.1) is 0 Å². The molecule has 6 heteroatoms. The zero-order chi connectivity index (χ0) is 12.8. The number of nitrogens with one attached hydrogen (secondary N) is 1. The Bertz CT molecular complexity index is 350. The molecule has 0 saturated carbocycles. The Morgan fingerprint density at radius 1 is 1.39 bits per heavy atom. The van der Waals surface area contributed by atoms with Crippen molar-refractivity contribution in [1.82, 2.24) is 20.4 Å². The van der Waals surface area contributed by atoms with Crippen LogP contribution in [0.15, 0.2) is 4.52 Å². The molecular weight excluding hydrogens is 232 g/mol. The van der Waals surface area contributed by atoms with Crippen LogP contribution in [0.3, 0.4) is 0 Å². The highest BCUT2D eigenvalue weighted by molar-refractivity contribution is 4.90. The molecule has 0 radical (unpaired) electrons. The molecule has 2 heterocycles. The molecule has 6 nitrogen and oxygen atoms in total. The fourth-order valence-corrected chi connectivity index (χ4v) is 1.93. The first-order chi connectivity index (χ1) is 8.78. The SMILES string of the molecule is CNC(C)Cc1noc(CCN2CCOCC2)n1. The first-order valence-electron chi connectivity index (χ1n) is 6.56. The molecule has 1 aliphatic rings. The van der Waals surface area contributed by atoms with Crippen molar-refractivity contribution in [3.05, 3.63) is 11.7 Å². The first-order valence-corrected chi connectivity index (χ1v) is 6.56. The van der Waals surface area contributed by atoms with Crippen LogP contribution in [-0.2, 0) is 17.6 Å². The third-order valence-electron chi connectivity index (χ3n) is 3.24. The minimum Gasteiger partial charge on any atom is -0.379 e. The van der Waals surface area contributed by atoms with Crippen molar-refractivity contribution in [1.29, 1.82) is 0 Å². The molecule has 0 spiro atoms. The molecule has 1 N–H and O–H groups in total. The molecule has 1 aliphatic heterocycles. The predicted molar refractivity (Wildman–Crippen MR) is 67.5 cm³/mol. The summed E-state index contributed by atoms with van der Waals surface area (Å²) in [6.45, 7) is 6.72. The Morgan fingerprint density at radius 2 is 2.17 bits per heavy atom. The second kappa shape index (κ2) is 6.82. The Morgan fingerprint density at radius 3 is 2.89 bits per heavy atom.